The fourth-order valence-electron chi connectivity index (χ4n) is 3.04. The lowest BCUT2D eigenvalue weighted by Crippen LogP contribution is -2.19. The van der Waals surface area contributed by atoms with Crippen LogP contribution in [0.1, 0.15) is 27.2 Å². The number of aromatic amines is 1. The molecule has 0 saturated heterocycles. The molecule has 1 amide bonds. The summed E-state index contributed by atoms with van der Waals surface area (Å²) >= 11 is 0. The van der Waals surface area contributed by atoms with Crippen molar-refractivity contribution >= 4 is 27.3 Å². The number of amides is 1. The number of carbonyl (C=O) groups is 1. The molecule has 0 bridgehead atoms. The Kier molecular flexibility index (Phi) is 5.00. The van der Waals surface area contributed by atoms with Crippen molar-refractivity contribution in [2.75, 3.05) is 10.0 Å². The van der Waals surface area contributed by atoms with E-state index in [1.54, 1.807) is 50.2 Å². The molecule has 0 aliphatic carbocycles. The normalized spacial score (nSPS) is 11.2. The highest BCUT2D eigenvalue weighted by Crippen LogP contribution is 2.25. The Balaban J connectivity index is 1.89. The van der Waals surface area contributed by atoms with Crippen LogP contribution in [0.15, 0.2) is 53.6 Å². The second-order valence-electron chi connectivity index (χ2n) is 6.30. The molecule has 140 valence electrons. The second kappa shape index (κ2) is 7.24. The second-order valence-corrected chi connectivity index (χ2v) is 7.92. The van der Waals surface area contributed by atoms with Gasteiger partial charge in [0.25, 0.3) is 15.9 Å². The zero-order chi connectivity index (χ0) is 19.6. The van der Waals surface area contributed by atoms with Gasteiger partial charge >= 0.3 is 0 Å². The van der Waals surface area contributed by atoms with Crippen molar-refractivity contribution in [1.82, 2.24) is 10.2 Å². The molecule has 0 fully saturated rings. The lowest BCUT2D eigenvalue weighted by Gasteiger charge is -2.13. The summed E-state index contributed by atoms with van der Waals surface area (Å²) < 4.78 is 28.3. The summed E-state index contributed by atoms with van der Waals surface area (Å²) in [6.45, 7) is 5.39. The molecule has 0 spiro atoms. The Morgan fingerprint density at radius 1 is 1.04 bits per heavy atom. The van der Waals surface area contributed by atoms with Crippen LogP contribution in [0, 0.1) is 20.8 Å². The third kappa shape index (κ3) is 4.01. The molecule has 1 aromatic heterocycles. The molecule has 2 aromatic carbocycles. The van der Waals surface area contributed by atoms with Crippen molar-refractivity contribution in [3.63, 3.8) is 0 Å². The van der Waals surface area contributed by atoms with Crippen molar-refractivity contribution in [2.24, 2.45) is 0 Å². The van der Waals surface area contributed by atoms with Crippen LogP contribution in [-0.4, -0.2) is 24.5 Å². The predicted octanol–water partition coefficient (Wildman–Crippen LogP) is 3.39. The predicted molar refractivity (Wildman–Crippen MR) is 104 cm³/mol. The number of aromatic nitrogens is 2. The highest BCUT2D eigenvalue weighted by atomic mass is 32.2. The Labute approximate surface area is 157 Å². The summed E-state index contributed by atoms with van der Waals surface area (Å²) in [5, 5.41) is 9.11. The van der Waals surface area contributed by atoms with E-state index in [9.17, 15) is 13.2 Å². The number of para-hydroxylation sites is 1. The first-order chi connectivity index (χ1) is 12.8. The molecule has 0 saturated carbocycles. The molecule has 7 nitrogen and oxygen atoms in total. The van der Waals surface area contributed by atoms with E-state index in [-0.39, 0.29) is 16.3 Å². The number of aryl methyl sites for hydroxylation is 3. The fraction of sp³-hybridized carbons (Fsp3) is 0.158. The molecule has 0 atom stereocenters. The molecule has 0 radical (unpaired) electrons. The van der Waals surface area contributed by atoms with Crippen LogP contribution in [0.25, 0.3) is 0 Å². The number of benzene rings is 2. The van der Waals surface area contributed by atoms with Gasteiger partial charge in [0.15, 0.2) is 5.69 Å². The van der Waals surface area contributed by atoms with E-state index in [0.717, 1.165) is 5.56 Å². The number of nitrogens with zero attached hydrogens (tertiary/aromatic N) is 1. The Hall–Kier alpha value is -3.13. The third-order valence-corrected chi connectivity index (χ3v) is 5.67. The van der Waals surface area contributed by atoms with Crippen molar-refractivity contribution in [2.45, 2.75) is 25.7 Å². The van der Waals surface area contributed by atoms with E-state index < -0.39 is 15.9 Å². The van der Waals surface area contributed by atoms with E-state index in [4.69, 9.17) is 0 Å². The molecule has 3 rings (SSSR count). The summed E-state index contributed by atoms with van der Waals surface area (Å²) in [5.41, 5.74) is 2.89. The number of sulfonamides is 1. The van der Waals surface area contributed by atoms with E-state index in [0.29, 0.717) is 16.8 Å². The van der Waals surface area contributed by atoms with E-state index in [1.165, 1.54) is 6.20 Å². The molecular weight excluding hydrogens is 364 g/mol. The largest absolute Gasteiger partial charge is 0.321 e. The molecule has 27 heavy (non-hydrogen) atoms. The fourth-order valence-corrected chi connectivity index (χ4v) is 4.55. The highest BCUT2D eigenvalue weighted by Gasteiger charge is 2.24. The standard InChI is InChI=1S/C19H20N4O3S/c1-12-9-13(2)18(14(3)10-12)27(25,26)23-16-11-20-22-17(16)19(24)21-15-7-5-4-6-8-15/h4-11,23H,1-3H3,(H,20,22)(H,21,24). The van der Waals surface area contributed by atoms with Gasteiger partial charge in [0.2, 0.25) is 0 Å². The van der Waals surface area contributed by atoms with Crippen molar-refractivity contribution < 1.29 is 13.2 Å². The quantitative estimate of drug-likeness (QED) is 0.627. The number of hydrogen-bond acceptors (Lipinski definition) is 4. The minimum Gasteiger partial charge on any atom is -0.321 e. The van der Waals surface area contributed by atoms with Gasteiger partial charge in [-0.1, -0.05) is 35.9 Å². The van der Waals surface area contributed by atoms with Gasteiger partial charge in [-0.05, 0) is 44.0 Å². The number of rotatable bonds is 5. The Morgan fingerprint density at radius 3 is 2.30 bits per heavy atom. The van der Waals surface area contributed by atoms with Gasteiger partial charge in [-0.3, -0.25) is 14.6 Å². The van der Waals surface area contributed by atoms with Gasteiger partial charge in [0, 0.05) is 11.9 Å². The molecule has 0 aliphatic heterocycles. The molecule has 0 unspecified atom stereocenters. The van der Waals surface area contributed by atoms with Crippen molar-refractivity contribution in [3.8, 4) is 0 Å². The Bertz CT molecular complexity index is 1070. The van der Waals surface area contributed by atoms with Crippen LogP contribution in [0.5, 0.6) is 0 Å². The Morgan fingerprint density at radius 2 is 1.67 bits per heavy atom. The SMILES string of the molecule is Cc1cc(C)c(S(=O)(=O)Nc2c[nH]nc2C(=O)Nc2ccccc2)c(C)c1. The smallest absolute Gasteiger partial charge is 0.278 e. The zero-order valence-corrected chi connectivity index (χ0v) is 16.0. The lowest BCUT2D eigenvalue weighted by molar-refractivity contribution is 0.102. The van der Waals surface area contributed by atoms with E-state index >= 15 is 0 Å². The van der Waals surface area contributed by atoms with Crippen LogP contribution in [0.4, 0.5) is 11.4 Å². The summed E-state index contributed by atoms with van der Waals surface area (Å²) in [6.07, 6.45) is 1.34. The zero-order valence-electron chi connectivity index (χ0n) is 15.2. The number of anilines is 2. The summed E-state index contributed by atoms with van der Waals surface area (Å²) in [7, 11) is -3.88. The van der Waals surface area contributed by atoms with Crippen LogP contribution >= 0.6 is 0 Å². The van der Waals surface area contributed by atoms with Gasteiger partial charge in [-0.15, -0.1) is 0 Å². The van der Waals surface area contributed by atoms with Crippen LogP contribution in [-0.2, 0) is 10.0 Å². The summed E-state index contributed by atoms with van der Waals surface area (Å²) in [6, 6.07) is 12.5. The van der Waals surface area contributed by atoms with E-state index in [2.05, 4.69) is 20.2 Å². The van der Waals surface area contributed by atoms with Gasteiger partial charge in [0.1, 0.15) is 0 Å². The maximum atomic E-state index is 12.9. The molecule has 3 N–H and O–H groups in total. The third-order valence-electron chi connectivity index (χ3n) is 4.00. The van der Waals surface area contributed by atoms with Gasteiger partial charge in [0.05, 0.1) is 10.6 Å². The van der Waals surface area contributed by atoms with Crippen LogP contribution < -0.4 is 10.0 Å². The molecular formula is C19H20N4O3S. The minimum atomic E-state index is -3.88. The van der Waals surface area contributed by atoms with Crippen LogP contribution in [0.2, 0.25) is 0 Å². The van der Waals surface area contributed by atoms with Crippen molar-refractivity contribution in [3.05, 3.63) is 71.0 Å². The molecule has 3 aromatic rings. The van der Waals surface area contributed by atoms with Crippen LogP contribution in [0.3, 0.4) is 0 Å². The van der Waals surface area contributed by atoms with E-state index in [1.807, 2.05) is 13.0 Å². The van der Waals surface area contributed by atoms with Gasteiger partial charge in [-0.25, -0.2) is 8.42 Å². The minimum absolute atomic E-state index is 0.0372. The van der Waals surface area contributed by atoms with Gasteiger partial charge < -0.3 is 5.32 Å². The summed E-state index contributed by atoms with van der Waals surface area (Å²) in [5.74, 6) is -0.516. The topological polar surface area (TPSA) is 104 Å². The molecule has 8 heteroatoms. The summed E-state index contributed by atoms with van der Waals surface area (Å²) in [4.78, 5) is 12.7. The maximum Gasteiger partial charge on any atom is 0.278 e. The monoisotopic (exact) mass is 384 g/mol. The first-order valence-corrected chi connectivity index (χ1v) is 9.77. The average molecular weight is 384 g/mol. The van der Waals surface area contributed by atoms with Gasteiger partial charge in [-0.2, -0.15) is 5.10 Å². The average Bonchev–Trinajstić information content (AvgIpc) is 3.01. The number of carbonyl (C=O) groups excluding carboxylic acids is 1. The molecule has 0 aliphatic rings. The van der Waals surface area contributed by atoms with Crippen molar-refractivity contribution in [1.29, 1.82) is 0 Å². The highest BCUT2D eigenvalue weighted by molar-refractivity contribution is 7.92. The number of H-pyrrole nitrogens is 1. The number of nitrogens with one attached hydrogen (secondary N) is 3. The first kappa shape index (κ1) is 18.7. The maximum absolute atomic E-state index is 12.9. The lowest BCUT2D eigenvalue weighted by atomic mass is 10.1. The molecule has 1 heterocycles. The number of hydrogen-bond donors (Lipinski definition) is 3. The first-order valence-electron chi connectivity index (χ1n) is 8.29.